The Balaban J connectivity index is 1.94. The second kappa shape index (κ2) is 5.73. The molecule has 0 fully saturated rings. The predicted octanol–water partition coefficient (Wildman–Crippen LogP) is 1.94. The minimum absolute atomic E-state index is 0.371. The van der Waals surface area contributed by atoms with Gasteiger partial charge in [0.05, 0.1) is 0 Å². The summed E-state index contributed by atoms with van der Waals surface area (Å²) in [6.07, 6.45) is 0. The van der Waals surface area contributed by atoms with Gasteiger partial charge in [-0.3, -0.25) is 0 Å². The van der Waals surface area contributed by atoms with Gasteiger partial charge in [0.25, 0.3) is 0 Å². The van der Waals surface area contributed by atoms with E-state index >= 15 is 0 Å². The van der Waals surface area contributed by atoms with Crippen LogP contribution in [0, 0.1) is 5.95 Å². The Bertz CT molecular complexity index is 732. The van der Waals surface area contributed by atoms with Crippen molar-refractivity contribution in [2.75, 3.05) is 3.13 Å². The fraction of sp³-hybridized carbons (Fsp3) is 0.0769. The first-order valence-corrected chi connectivity index (χ1v) is 8.21. The van der Waals surface area contributed by atoms with E-state index in [1.54, 1.807) is 6.07 Å². The average Bonchev–Trinajstić information content (AvgIpc) is 2.87. The molecule has 0 atom stereocenters. The molecule has 0 spiro atoms. The summed E-state index contributed by atoms with van der Waals surface area (Å²) in [5.74, 6) is 0.310. The van der Waals surface area contributed by atoms with Gasteiger partial charge in [0, 0.05) is 0 Å². The Labute approximate surface area is 130 Å². The van der Waals surface area contributed by atoms with Crippen molar-refractivity contribution in [3.8, 4) is 5.88 Å². The Hall–Kier alpha value is -1.71. The molecule has 0 aliphatic carbocycles. The zero-order valence-electron chi connectivity index (χ0n) is 10.5. The van der Waals surface area contributed by atoms with Crippen molar-refractivity contribution in [2.45, 2.75) is 6.61 Å². The average molecular weight is 462 g/mol. The van der Waals surface area contributed by atoms with Gasteiger partial charge in [-0.2, -0.15) is 0 Å². The van der Waals surface area contributed by atoms with Crippen molar-refractivity contribution >= 4 is 37.5 Å². The number of hydrogen-bond donors (Lipinski definition) is 1. The summed E-state index contributed by atoms with van der Waals surface area (Å²) in [7, 11) is 0. The number of halogens is 1. The van der Waals surface area contributed by atoms with Crippen LogP contribution in [0.5, 0.6) is 5.88 Å². The molecule has 0 saturated carbocycles. The van der Waals surface area contributed by atoms with E-state index in [-0.39, 0.29) is 0 Å². The summed E-state index contributed by atoms with van der Waals surface area (Å²) in [6.45, 7) is 0.378. The van der Waals surface area contributed by atoms with Gasteiger partial charge in [0.1, 0.15) is 0 Å². The molecule has 20 heavy (non-hydrogen) atoms. The van der Waals surface area contributed by atoms with Crippen LogP contribution in [-0.2, 0) is 6.61 Å². The predicted molar refractivity (Wildman–Crippen MR) is 73.1 cm³/mol. The second-order valence-electron chi connectivity index (χ2n) is 4.11. The number of nitrogens with one attached hydrogen (secondary N) is 1. The van der Waals surface area contributed by atoms with Crippen molar-refractivity contribution in [1.82, 2.24) is 14.6 Å². The van der Waals surface area contributed by atoms with E-state index in [9.17, 15) is 4.39 Å². The molecule has 0 aliphatic rings. The standard InChI is InChI=1S/C13H10FN4O.Tl/c14-11-7-6-10-12(16-13(15)17-18(10)11)19-8-9-4-2-1-3-5-9;/h1-7H,8H2,(H-,15,17);/q-1;+1. The molecule has 0 saturated heterocycles. The molecule has 0 bridgehead atoms. The summed E-state index contributed by atoms with van der Waals surface area (Å²) in [5.41, 5.74) is 1.54. The Kier molecular flexibility index (Phi) is 3.81. The van der Waals surface area contributed by atoms with Crippen LogP contribution in [0.25, 0.3) is 5.52 Å². The summed E-state index contributed by atoms with van der Waals surface area (Å²) in [4.78, 5) is 4.26. The molecule has 5 nitrogen and oxygen atoms in total. The van der Waals surface area contributed by atoms with E-state index in [4.69, 9.17) is 4.74 Å². The monoisotopic (exact) mass is 462 g/mol. The normalized spacial score (nSPS) is 10.6. The van der Waals surface area contributed by atoms with E-state index < -0.39 is 5.95 Å². The number of aromatic nitrogens is 3. The van der Waals surface area contributed by atoms with Crippen molar-refractivity contribution < 1.29 is 9.13 Å². The maximum atomic E-state index is 13.6. The number of benzene rings is 1. The van der Waals surface area contributed by atoms with Crippen LogP contribution in [0.3, 0.4) is 0 Å². The molecule has 2 aromatic heterocycles. The molecule has 7 heteroatoms. The van der Waals surface area contributed by atoms with Crippen molar-refractivity contribution in [2.24, 2.45) is 0 Å². The molecular formula is C13H10FN4OTl. The number of ether oxygens (including phenoxy) is 1. The topological polar surface area (TPSA) is 51.5 Å². The van der Waals surface area contributed by atoms with Gasteiger partial charge in [0.2, 0.25) is 0 Å². The van der Waals surface area contributed by atoms with Crippen molar-refractivity contribution in [3.05, 3.63) is 54.0 Å². The first-order chi connectivity index (χ1) is 9.78. The molecule has 98 valence electrons. The molecule has 3 rings (SSSR count). The van der Waals surface area contributed by atoms with Gasteiger partial charge < -0.3 is 0 Å². The Morgan fingerprint density at radius 1 is 1.20 bits per heavy atom. The number of anilines is 1. The molecule has 2 heterocycles. The minimum atomic E-state index is -0.437. The van der Waals surface area contributed by atoms with Crippen LogP contribution >= 0.6 is 0 Å². The third kappa shape index (κ3) is 2.60. The molecule has 0 radical (unpaired) electrons. The van der Waals surface area contributed by atoms with Crippen LogP contribution in [0.2, 0.25) is 0 Å². The van der Waals surface area contributed by atoms with Gasteiger partial charge in [-0.15, -0.1) is 0 Å². The number of hydrogen-bond acceptors (Lipinski definition) is 4. The molecule has 0 unspecified atom stereocenters. The molecule has 0 aliphatic heterocycles. The summed E-state index contributed by atoms with van der Waals surface area (Å²) < 4.78 is 23.5. The van der Waals surface area contributed by atoms with Gasteiger partial charge in [-0.05, 0) is 0 Å². The summed E-state index contributed by atoms with van der Waals surface area (Å²) in [6, 6.07) is 12.7. The van der Waals surface area contributed by atoms with E-state index in [1.807, 2.05) is 30.3 Å². The third-order valence-electron chi connectivity index (χ3n) is 2.78. The van der Waals surface area contributed by atoms with Gasteiger partial charge in [0.15, 0.2) is 0 Å². The fourth-order valence-electron chi connectivity index (χ4n) is 1.83. The molecule has 1 aromatic carbocycles. The number of rotatable bonds is 4. The molecular weight excluding hydrogens is 452 g/mol. The Morgan fingerprint density at radius 3 is 2.75 bits per heavy atom. The molecule has 1 N–H and O–H groups in total. The summed E-state index contributed by atoms with van der Waals surface area (Å²) in [5, 5.41) is 4.05. The SMILES string of the molecule is Fc1ccc2c(OCc3ccccc3)nc([NH][Tl])nn12. The van der Waals surface area contributed by atoms with Gasteiger partial charge in [-0.1, -0.05) is 0 Å². The van der Waals surface area contributed by atoms with Crippen LogP contribution in [-0.4, -0.2) is 40.7 Å². The molecule has 0 amide bonds. The van der Waals surface area contributed by atoms with Crippen LogP contribution in [0.15, 0.2) is 42.5 Å². The van der Waals surface area contributed by atoms with Gasteiger partial charge >= 0.3 is 131 Å². The second-order valence-corrected chi connectivity index (χ2v) is 5.23. The summed E-state index contributed by atoms with van der Waals surface area (Å²) >= 11 is 0.470. The number of fused-ring (bicyclic) bond motifs is 1. The van der Waals surface area contributed by atoms with E-state index in [2.05, 4.69) is 13.2 Å². The van der Waals surface area contributed by atoms with Crippen LogP contribution in [0.1, 0.15) is 5.56 Å². The van der Waals surface area contributed by atoms with Crippen LogP contribution < -0.4 is 7.86 Å². The first kappa shape index (κ1) is 13.3. The fourth-order valence-corrected chi connectivity index (χ4v) is 2.31. The Morgan fingerprint density at radius 2 is 2.00 bits per heavy atom. The molecule has 3 aromatic rings. The number of nitrogens with zero attached hydrogens (tertiary/aromatic N) is 3. The van der Waals surface area contributed by atoms with E-state index in [0.717, 1.165) is 5.56 Å². The zero-order valence-corrected chi connectivity index (χ0v) is 14.9. The first-order valence-electron chi connectivity index (χ1n) is 5.96. The zero-order chi connectivity index (χ0) is 13.9. The maximum absolute atomic E-state index is 13.6. The van der Waals surface area contributed by atoms with E-state index in [0.29, 0.717) is 50.0 Å². The van der Waals surface area contributed by atoms with Crippen LogP contribution in [0.4, 0.5) is 10.3 Å². The van der Waals surface area contributed by atoms with E-state index in [1.165, 1.54) is 10.6 Å². The van der Waals surface area contributed by atoms with Crippen molar-refractivity contribution in [1.29, 1.82) is 0 Å². The van der Waals surface area contributed by atoms with Crippen molar-refractivity contribution in [3.63, 3.8) is 0 Å². The van der Waals surface area contributed by atoms with Gasteiger partial charge in [-0.25, -0.2) is 0 Å². The third-order valence-corrected chi connectivity index (χ3v) is 3.78. The quantitative estimate of drug-likeness (QED) is 0.604.